The number of aromatic nitrogens is 2. The third kappa shape index (κ3) is 15.3. The smallest absolute Gasteiger partial charge is 0.330 e. The first-order chi connectivity index (χ1) is 22.2. The highest BCUT2D eigenvalue weighted by atomic mass is 16.6. The molecule has 1 fully saturated rings. The summed E-state index contributed by atoms with van der Waals surface area (Å²) in [5.41, 5.74) is -0.553. The standard InChI is InChI=1S/C37H53N3O6/c1-5-6-7-8-9-10-11-12-13-14-15-16-17-18-19-20-21-22-23-24-32(41)38-34(29(2)3)36(43)45-28-31-25-26-33(46-31)40-27-30(4)35(42)39-37(40)44/h6-7,9-10,12-13,15-16,18-19,21-22,27,29,31,33-34H,5,8,11,14,17,20,23-26,28H2,1-4H3,(H,38,41)(H,39,42,44)/b7-6-,10-9-,13-12-,16-15-,19-18-,22-21-. The number of rotatable bonds is 20. The SMILES string of the molecule is CC/C=C\C/C=C\C/C=C\C/C=C\C/C=C\C/C=C\CCC(=O)NC(C(=O)OCC1CCC(n2cc(C)c(=O)[nH]c2=O)O1)C(C)C. The van der Waals surface area contributed by atoms with Gasteiger partial charge in [-0.15, -0.1) is 0 Å². The number of hydrogen-bond donors (Lipinski definition) is 2. The average molecular weight is 636 g/mol. The molecule has 2 heterocycles. The summed E-state index contributed by atoms with van der Waals surface area (Å²) < 4.78 is 12.7. The van der Waals surface area contributed by atoms with E-state index in [4.69, 9.17) is 9.47 Å². The van der Waals surface area contributed by atoms with Crippen molar-refractivity contribution in [3.05, 3.63) is 106 Å². The van der Waals surface area contributed by atoms with Crippen molar-refractivity contribution in [3.63, 3.8) is 0 Å². The number of ether oxygens (including phenoxy) is 2. The van der Waals surface area contributed by atoms with Crippen LogP contribution in [0.15, 0.2) is 88.7 Å². The summed E-state index contributed by atoms with van der Waals surface area (Å²) in [6.45, 7) is 7.48. The molecule has 0 bridgehead atoms. The lowest BCUT2D eigenvalue weighted by atomic mass is 10.0. The Morgan fingerprint density at radius 1 is 0.913 bits per heavy atom. The monoisotopic (exact) mass is 635 g/mol. The number of nitrogens with zero attached hydrogens (tertiary/aromatic N) is 1. The highest BCUT2D eigenvalue weighted by Crippen LogP contribution is 2.27. The van der Waals surface area contributed by atoms with Crippen molar-refractivity contribution in [2.24, 2.45) is 5.92 Å². The van der Waals surface area contributed by atoms with E-state index in [9.17, 15) is 19.2 Å². The number of esters is 1. The van der Waals surface area contributed by atoms with Gasteiger partial charge in [0.05, 0.1) is 6.10 Å². The molecule has 0 aliphatic carbocycles. The van der Waals surface area contributed by atoms with Crippen molar-refractivity contribution in [1.29, 1.82) is 0 Å². The van der Waals surface area contributed by atoms with Crippen molar-refractivity contribution >= 4 is 11.9 Å². The molecular weight excluding hydrogens is 582 g/mol. The molecule has 1 amide bonds. The number of carbonyl (C=O) groups excluding carboxylic acids is 2. The minimum atomic E-state index is -0.764. The summed E-state index contributed by atoms with van der Waals surface area (Å²) in [7, 11) is 0. The van der Waals surface area contributed by atoms with Gasteiger partial charge in [-0.3, -0.25) is 19.1 Å². The Balaban J connectivity index is 1.60. The van der Waals surface area contributed by atoms with E-state index >= 15 is 0 Å². The van der Waals surface area contributed by atoms with Gasteiger partial charge in [-0.1, -0.05) is 93.7 Å². The summed E-state index contributed by atoms with van der Waals surface area (Å²) >= 11 is 0. The van der Waals surface area contributed by atoms with Crippen LogP contribution < -0.4 is 16.6 Å². The second-order valence-electron chi connectivity index (χ2n) is 11.6. The quantitative estimate of drug-likeness (QED) is 0.122. The van der Waals surface area contributed by atoms with Gasteiger partial charge in [0.25, 0.3) is 5.56 Å². The maximum atomic E-state index is 12.8. The fourth-order valence-electron chi connectivity index (χ4n) is 4.68. The van der Waals surface area contributed by atoms with Gasteiger partial charge in [0.15, 0.2) is 0 Å². The van der Waals surface area contributed by atoms with E-state index in [0.717, 1.165) is 38.5 Å². The van der Waals surface area contributed by atoms with Gasteiger partial charge < -0.3 is 14.8 Å². The summed E-state index contributed by atoms with van der Waals surface area (Å²) in [4.78, 5) is 51.4. The third-order valence-corrected chi connectivity index (χ3v) is 7.32. The van der Waals surface area contributed by atoms with Crippen molar-refractivity contribution in [1.82, 2.24) is 14.9 Å². The van der Waals surface area contributed by atoms with Gasteiger partial charge in [0.2, 0.25) is 5.91 Å². The fourth-order valence-corrected chi connectivity index (χ4v) is 4.68. The van der Waals surface area contributed by atoms with Crippen LogP contribution in [0.4, 0.5) is 0 Å². The molecule has 9 heteroatoms. The molecule has 3 atom stereocenters. The number of aromatic amines is 1. The van der Waals surface area contributed by atoms with Gasteiger partial charge in [-0.05, 0) is 70.6 Å². The Labute approximate surface area is 273 Å². The number of hydrogen-bond acceptors (Lipinski definition) is 6. The van der Waals surface area contributed by atoms with E-state index < -0.39 is 29.5 Å². The Morgan fingerprint density at radius 2 is 1.46 bits per heavy atom. The molecule has 0 aromatic carbocycles. The molecule has 0 saturated carbocycles. The van der Waals surface area contributed by atoms with Crippen LogP contribution in [0.2, 0.25) is 0 Å². The fraction of sp³-hybridized carbons (Fsp3) is 0.514. The summed E-state index contributed by atoms with van der Waals surface area (Å²) in [5, 5.41) is 2.80. The topological polar surface area (TPSA) is 119 Å². The molecule has 2 rings (SSSR count). The van der Waals surface area contributed by atoms with Crippen molar-refractivity contribution < 1.29 is 19.1 Å². The average Bonchev–Trinajstić information content (AvgIpc) is 3.50. The number of carbonyl (C=O) groups is 2. The minimum Gasteiger partial charge on any atom is -0.461 e. The number of allylic oxidation sites excluding steroid dienone is 12. The Morgan fingerprint density at radius 3 is 2.00 bits per heavy atom. The molecular formula is C37H53N3O6. The highest BCUT2D eigenvalue weighted by Gasteiger charge is 2.31. The predicted octanol–water partition coefficient (Wildman–Crippen LogP) is 6.68. The zero-order valence-corrected chi connectivity index (χ0v) is 28.0. The van der Waals surface area contributed by atoms with Gasteiger partial charge >= 0.3 is 11.7 Å². The van der Waals surface area contributed by atoms with Gasteiger partial charge in [-0.25, -0.2) is 9.59 Å². The lowest BCUT2D eigenvalue weighted by molar-refractivity contribution is -0.153. The molecule has 1 aliphatic rings. The van der Waals surface area contributed by atoms with Gasteiger partial charge in [0.1, 0.15) is 18.9 Å². The Hall–Kier alpha value is -3.98. The third-order valence-electron chi connectivity index (χ3n) is 7.32. The maximum Gasteiger partial charge on any atom is 0.330 e. The zero-order valence-electron chi connectivity index (χ0n) is 28.0. The van der Waals surface area contributed by atoms with Crippen LogP contribution in [-0.4, -0.2) is 40.2 Å². The molecule has 2 N–H and O–H groups in total. The van der Waals surface area contributed by atoms with Crippen LogP contribution in [0.1, 0.15) is 96.8 Å². The molecule has 0 spiro atoms. The predicted molar refractivity (Wildman–Crippen MR) is 184 cm³/mol. The second-order valence-corrected chi connectivity index (χ2v) is 11.6. The molecule has 1 aliphatic heterocycles. The zero-order chi connectivity index (χ0) is 33.6. The molecule has 1 aromatic heterocycles. The highest BCUT2D eigenvalue weighted by molar-refractivity contribution is 5.84. The van der Waals surface area contributed by atoms with Crippen LogP contribution >= 0.6 is 0 Å². The second kappa shape index (κ2) is 22.5. The Bertz CT molecular complexity index is 1360. The van der Waals surface area contributed by atoms with Crippen LogP contribution in [0.25, 0.3) is 0 Å². The van der Waals surface area contributed by atoms with E-state index in [-0.39, 0.29) is 31.0 Å². The lowest BCUT2D eigenvalue weighted by Crippen LogP contribution is -2.45. The lowest BCUT2D eigenvalue weighted by Gasteiger charge is -2.22. The molecule has 1 aromatic rings. The summed E-state index contributed by atoms with van der Waals surface area (Å²) in [6, 6.07) is -0.764. The molecule has 9 nitrogen and oxygen atoms in total. The van der Waals surface area contributed by atoms with Crippen LogP contribution in [0, 0.1) is 12.8 Å². The van der Waals surface area contributed by atoms with E-state index in [1.807, 2.05) is 26.0 Å². The first-order valence-corrected chi connectivity index (χ1v) is 16.6. The molecule has 46 heavy (non-hydrogen) atoms. The summed E-state index contributed by atoms with van der Waals surface area (Å²) in [5.74, 6) is -0.871. The van der Waals surface area contributed by atoms with Crippen LogP contribution in [0.5, 0.6) is 0 Å². The molecule has 252 valence electrons. The number of amides is 1. The minimum absolute atomic E-state index is 0.0179. The molecule has 0 radical (unpaired) electrons. The van der Waals surface area contributed by atoms with E-state index in [2.05, 4.69) is 78.0 Å². The van der Waals surface area contributed by atoms with Gasteiger partial charge in [0, 0.05) is 18.2 Å². The van der Waals surface area contributed by atoms with E-state index in [1.165, 1.54) is 10.8 Å². The van der Waals surface area contributed by atoms with E-state index in [0.29, 0.717) is 24.8 Å². The molecule has 3 unspecified atom stereocenters. The normalized spacial score (nSPS) is 18.0. The largest absolute Gasteiger partial charge is 0.461 e. The molecule has 1 saturated heterocycles. The Kier molecular flexibility index (Phi) is 18.7. The van der Waals surface area contributed by atoms with E-state index in [1.54, 1.807) is 6.92 Å². The number of aryl methyl sites for hydroxylation is 1. The number of nitrogens with one attached hydrogen (secondary N) is 2. The first kappa shape index (κ1) is 38.2. The summed E-state index contributed by atoms with van der Waals surface area (Å²) in [6.07, 6.45) is 33.9. The van der Waals surface area contributed by atoms with Crippen molar-refractivity contribution in [2.45, 2.75) is 110 Å². The van der Waals surface area contributed by atoms with Crippen LogP contribution in [-0.2, 0) is 19.1 Å². The first-order valence-electron chi connectivity index (χ1n) is 16.6. The van der Waals surface area contributed by atoms with Crippen LogP contribution in [0.3, 0.4) is 0 Å². The van der Waals surface area contributed by atoms with Crippen molar-refractivity contribution in [2.75, 3.05) is 6.61 Å². The number of H-pyrrole nitrogens is 1. The van der Waals surface area contributed by atoms with Gasteiger partial charge in [-0.2, -0.15) is 0 Å². The maximum absolute atomic E-state index is 12.8. The van der Waals surface area contributed by atoms with Crippen molar-refractivity contribution in [3.8, 4) is 0 Å².